The van der Waals surface area contributed by atoms with E-state index in [9.17, 15) is 4.79 Å². The lowest BCUT2D eigenvalue weighted by molar-refractivity contribution is -0.118. The maximum atomic E-state index is 13.2. The standard InChI is InChI=1S/C22H22N4O/c27-22-21(26-12-3-5-17-4-1-2-6-20(17)26)11-13-25(22)19-9-7-16(8-10-19)18-14-23-24-15-18/h1-2,4,6-10,14-15,21H,3,5,11-13H2,(H,23,24). The van der Waals surface area contributed by atoms with Crippen molar-refractivity contribution in [2.24, 2.45) is 0 Å². The smallest absolute Gasteiger partial charge is 0.249 e. The van der Waals surface area contributed by atoms with Crippen LogP contribution in [0.4, 0.5) is 11.4 Å². The molecule has 1 aromatic heterocycles. The van der Waals surface area contributed by atoms with E-state index in [1.165, 1.54) is 11.3 Å². The number of carbonyl (C=O) groups is 1. The van der Waals surface area contributed by atoms with Gasteiger partial charge in [-0.2, -0.15) is 5.10 Å². The molecule has 2 aliphatic rings. The zero-order chi connectivity index (χ0) is 18.2. The van der Waals surface area contributed by atoms with E-state index in [4.69, 9.17) is 0 Å². The molecule has 0 radical (unpaired) electrons. The highest BCUT2D eigenvalue weighted by Crippen LogP contribution is 2.33. The topological polar surface area (TPSA) is 52.2 Å². The maximum absolute atomic E-state index is 13.2. The maximum Gasteiger partial charge on any atom is 0.249 e. The van der Waals surface area contributed by atoms with E-state index in [-0.39, 0.29) is 11.9 Å². The summed E-state index contributed by atoms with van der Waals surface area (Å²) in [5, 5.41) is 6.83. The molecule has 1 amide bonds. The minimum atomic E-state index is -0.0556. The molecule has 1 N–H and O–H groups in total. The van der Waals surface area contributed by atoms with Gasteiger partial charge in [-0.05, 0) is 48.6 Å². The Morgan fingerprint density at radius 3 is 2.67 bits per heavy atom. The molecule has 0 bridgehead atoms. The number of hydrogen-bond acceptors (Lipinski definition) is 3. The van der Waals surface area contributed by atoms with Crippen LogP contribution in [-0.2, 0) is 11.2 Å². The normalized spacial score (nSPS) is 19.4. The van der Waals surface area contributed by atoms with Crippen molar-refractivity contribution < 1.29 is 4.79 Å². The first kappa shape index (κ1) is 16.1. The first-order chi connectivity index (χ1) is 13.3. The number of aromatic amines is 1. The van der Waals surface area contributed by atoms with Gasteiger partial charge in [-0.3, -0.25) is 9.89 Å². The van der Waals surface area contributed by atoms with E-state index in [1.54, 1.807) is 6.20 Å². The summed E-state index contributed by atoms with van der Waals surface area (Å²) in [4.78, 5) is 17.4. The minimum Gasteiger partial charge on any atom is -0.359 e. The monoisotopic (exact) mass is 358 g/mol. The zero-order valence-corrected chi connectivity index (χ0v) is 15.1. The summed E-state index contributed by atoms with van der Waals surface area (Å²) in [6, 6.07) is 16.6. The largest absolute Gasteiger partial charge is 0.359 e. The molecule has 136 valence electrons. The Morgan fingerprint density at radius 2 is 1.85 bits per heavy atom. The molecule has 1 saturated heterocycles. The van der Waals surface area contributed by atoms with Crippen LogP contribution >= 0.6 is 0 Å². The number of amides is 1. The molecule has 1 unspecified atom stereocenters. The fraction of sp³-hybridized carbons (Fsp3) is 0.273. The lowest BCUT2D eigenvalue weighted by Crippen LogP contribution is -2.44. The van der Waals surface area contributed by atoms with Crippen LogP contribution in [0.25, 0.3) is 11.1 Å². The third kappa shape index (κ3) is 2.79. The summed E-state index contributed by atoms with van der Waals surface area (Å²) in [7, 11) is 0. The number of nitrogens with zero attached hydrogens (tertiary/aromatic N) is 3. The summed E-state index contributed by atoms with van der Waals surface area (Å²) in [5.41, 5.74) is 5.72. The van der Waals surface area contributed by atoms with Gasteiger partial charge >= 0.3 is 0 Å². The number of H-pyrrole nitrogens is 1. The number of carbonyl (C=O) groups excluding carboxylic acids is 1. The number of fused-ring (bicyclic) bond motifs is 1. The summed E-state index contributed by atoms with van der Waals surface area (Å²) < 4.78 is 0. The van der Waals surface area contributed by atoms with Crippen LogP contribution in [0.1, 0.15) is 18.4 Å². The summed E-state index contributed by atoms with van der Waals surface area (Å²) in [5.74, 6) is 0.211. The van der Waals surface area contributed by atoms with E-state index in [0.29, 0.717) is 0 Å². The van der Waals surface area contributed by atoms with Gasteiger partial charge in [0.1, 0.15) is 6.04 Å². The summed E-state index contributed by atoms with van der Waals surface area (Å²) in [6.07, 6.45) is 6.77. The van der Waals surface area contributed by atoms with E-state index < -0.39 is 0 Å². The van der Waals surface area contributed by atoms with Crippen LogP contribution in [0.5, 0.6) is 0 Å². The summed E-state index contributed by atoms with van der Waals surface area (Å²) >= 11 is 0. The number of rotatable bonds is 3. The number of anilines is 2. The van der Waals surface area contributed by atoms with Gasteiger partial charge in [-0.1, -0.05) is 30.3 Å². The highest BCUT2D eigenvalue weighted by atomic mass is 16.2. The average Bonchev–Trinajstić information content (AvgIpc) is 3.38. The van der Waals surface area contributed by atoms with Crippen LogP contribution in [0.3, 0.4) is 0 Å². The van der Waals surface area contributed by atoms with Crippen LogP contribution in [0.2, 0.25) is 0 Å². The number of hydrogen-bond donors (Lipinski definition) is 1. The van der Waals surface area contributed by atoms with Crippen LogP contribution in [-0.4, -0.2) is 35.2 Å². The molecule has 5 nitrogen and oxygen atoms in total. The molecule has 5 rings (SSSR count). The van der Waals surface area contributed by atoms with E-state index in [0.717, 1.165) is 49.2 Å². The predicted molar refractivity (Wildman–Crippen MR) is 107 cm³/mol. The molecule has 1 fully saturated rings. The van der Waals surface area contributed by atoms with E-state index in [1.807, 2.05) is 23.2 Å². The van der Waals surface area contributed by atoms with Crippen molar-refractivity contribution in [2.75, 3.05) is 22.9 Å². The number of para-hydroxylation sites is 1. The predicted octanol–water partition coefficient (Wildman–Crippen LogP) is 3.63. The van der Waals surface area contributed by atoms with Crippen molar-refractivity contribution in [3.8, 4) is 11.1 Å². The second-order valence-corrected chi connectivity index (χ2v) is 7.25. The molecule has 3 heterocycles. The van der Waals surface area contributed by atoms with Crippen molar-refractivity contribution in [1.82, 2.24) is 10.2 Å². The Kier molecular flexibility index (Phi) is 3.93. The molecule has 0 aliphatic carbocycles. The molecular formula is C22H22N4O. The number of aryl methyl sites for hydroxylation is 1. The van der Waals surface area contributed by atoms with Gasteiger partial charge in [0.05, 0.1) is 6.20 Å². The lowest BCUT2D eigenvalue weighted by Gasteiger charge is -2.35. The quantitative estimate of drug-likeness (QED) is 0.778. The van der Waals surface area contributed by atoms with E-state index >= 15 is 0 Å². The van der Waals surface area contributed by atoms with Gasteiger partial charge in [0.15, 0.2) is 0 Å². The Morgan fingerprint density at radius 1 is 1.00 bits per heavy atom. The number of benzene rings is 2. The Bertz CT molecular complexity index is 949. The van der Waals surface area contributed by atoms with Gasteiger partial charge in [0, 0.05) is 36.2 Å². The van der Waals surface area contributed by atoms with Gasteiger partial charge in [0.25, 0.3) is 0 Å². The third-order valence-corrected chi connectivity index (χ3v) is 5.71. The molecule has 2 aromatic carbocycles. The first-order valence-electron chi connectivity index (χ1n) is 9.56. The van der Waals surface area contributed by atoms with Crippen molar-refractivity contribution >= 4 is 17.3 Å². The second-order valence-electron chi connectivity index (χ2n) is 7.25. The van der Waals surface area contributed by atoms with Crippen LogP contribution in [0.15, 0.2) is 60.9 Å². The molecule has 5 heteroatoms. The lowest BCUT2D eigenvalue weighted by atomic mass is 9.99. The molecule has 2 aliphatic heterocycles. The zero-order valence-electron chi connectivity index (χ0n) is 15.1. The first-order valence-corrected chi connectivity index (χ1v) is 9.56. The SMILES string of the molecule is O=C1C(N2CCCc3ccccc32)CCN1c1ccc(-c2cn[nH]c2)cc1. The molecule has 0 saturated carbocycles. The summed E-state index contributed by atoms with van der Waals surface area (Å²) in [6.45, 7) is 1.73. The van der Waals surface area contributed by atoms with E-state index in [2.05, 4.69) is 51.5 Å². The highest BCUT2D eigenvalue weighted by molar-refractivity contribution is 6.01. The fourth-order valence-electron chi connectivity index (χ4n) is 4.34. The Balaban J connectivity index is 1.38. The molecule has 0 spiro atoms. The Hall–Kier alpha value is -3.08. The van der Waals surface area contributed by atoms with Crippen LogP contribution in [0, 0.1) is 0 Å². The van der Waals surface area contributed by atoms with Crippen molar-refractivity contribution in [3.63, 3.8) is 0 Å². The minimum absolute atomic E-state index is 0.0556. The van der Waals surface area contributed by atoms with Gasteiger partial charge in [-0.15, -0.1) is 0 Å². The average molecular weight is 358 g/mol. The van der Waals surface area contributed by atoms with Gasteiger partial charge in [0.2, 0.25) is 5.91 Å². The molecule has 1 atom stereocenters. The molecule has 27 heavy (non-hydrogen) atoms. The number of aromatic nitrogens is 2. The van der Waals surface area contributed by atoms with Crippen molar-refractivity contribution in [3.05, 3.63) is 66.5 Å². The van der Waals surface area contributed by atoms with Crippen molar-refractivity contribution in [2.45, 2.75) is 25.3 Å². The molecular weight excluding hydrogens is 336 g/mol. The Labute approximate surface area is 158 Å². The van der Waals surface area contributed by atoms with Gasteiger partial charge < -0.3 is 9.80 Å². The third-order valence-electron chi connectivity index (χ3n) is 5.71. The van der Waals surface area contributed by atoms with Crippen LogP contribution < -0.4 is 9.80 Å². The van der Waals surface area contributed by atoms with Crippen molar-refractivity contribution in [1.29, 1.82) is 0 Å². The highest BCUT2D eigenvalue weighted by Gasteiger charge is 2.38. The molecule has 3 aromatic rings. The van der Waals surface area contributed by atoms with Gasteiger partial charge in [-0.25, -0.2) is 0 Å². The number of nitrogens with one attached hydrogen (secondary N) is 1. The fourth-order valence-corrected chi connectivity index (χ4v) is 4.34. The second kappa shape index (κ2) is 6.58.